The molecule has 190 valence electrons. The molecule has 0 fully saturated rings. The van der Waals surface area contributed by atoms with Crippen LogP contribution >= 0.6 is 0 Å². The Morgan fingerprint density at radius 1 is 0.500 bits per heavy atom. The molecule has 38 heavy (non-hydrogen) atoms. The fourth-order valence-corrected chi connectivity index (χ4v) is 4.00. The highest BCUT2D eigenvalue weighted by molar-refractivity contribution is 6.16. The van der Waals surface area contributed by atoms with Crippen molar-refractivity contribution in [2.45, 2.75) is 11.2 Å². The van der Waals surface area contributed by atoms with Crippen molar-refractivity contribution in [1.82, 2.24) is 10.9 Å². The molecule has 2 amide bonds. The van der Waals surface area contributed by atoms with E-state index in [-0.39, 0.29) is 0 Å². The van der Waals surface area contributed by atoms with Crippen LogP contribution in [0.5, 0.6) is 0 Å². The number of nitrogens with zero attached hydrogens (tertiary/aromatic N) is 2. The molecule has 4 N–H and O–H groups in total. The van der Waals surface area contributed by atoms with Gasteiger partial charge in [0, 0.05) is 0 Å². The van der Waals surface area contributed by atoms with Gasteiger partial charge in [-0.2, -0.15) is 10.2 Å². The summed E-state index contributed by atoms with van der Waals surface area (Å²) >= 11 is 0. The average molecular weight is 507 g/mol. The highest BCUT2D eigenvalue weighted by Gasteiger charge is 2.40. The van der Waals surface area contributed by atoms with Crippen LogP contribution in [0.15, 0.2) is 132 Å². The zero-order valence-electron chi connectivity index (χ0n) is 20.3. The van der Waals surface area contributed by atoms with Crippen molar-refractivity contribution in [3.8, 4) is 0 Å². The third kappa shape index (κ3) is 5.41. The molecular formula is C30H26N4O4. The quantitative estimate of drug-likeness (QED) is 0.206. The number of carbonyl (C=O) groups excluding carboxylic acids is 2. The molecule has 0 aliphatic carbocycles. The minimum absolute atomic E-state index is 0.376. The number of rotatable bonds is 9. The fourth-order valence-electron chi connectivity index (χ4n) is 4.00. The van der Waals surface area contributed by atoms with Gasteiger partial charge < -0.3 is 10.2 Å². The van der Waals surface area contributed by atoms with Gasteiger partial charge in [-0.3, -0.25) is 9.59 Å². The van der Waals surface area contributed by atoms with Crippen molar-refractivity contribution < 1.29 is 19.8 Å². The van der Waals surface area contributed by atoms with Gasteiger partial charge in [0.2, 0.25) is 0 Å². The van der Waals surface area contributed by atoms with Gasteiger partial charge in [0.05, 0.1) is 12.4 Å². The third-order valence-corrected chi connectivity index (χ3v) is 5.97. The van der Waals surface area contributed by atoms with Crippen LogP contribution in [-0.2, 0) is 20.8 Å². The Morgan fingerprint density at radius 2 is 0.737 bits per heavy atom. The molecule has 0 radical (unpaired) electrons. The molecule has 0 spiro atoms. The van der Waals surface area contributed by atoms with Crippen molar-refractivity contribution in [1.29, 1.82) is 0 Å². The lowest BCUT2D eigenvalue weighted by molar-refractivity contribution is -0.137. The number of carbonyl (C=O) groups is 2. The van der Waals surface area contributed by atoms with E-state index in [0.29, 0.717) is 22.3 Å². The van der Waals surface area contributed by atoms with Gasteiger partial charge in [-0.1, -0.05) is 121 Å². The summed E-state index contributed by atoms with van der Waals surface area (Å²) < 4.78 is 0. The molecule has 0 unspecified atom stereocenters. The molecule has 0 atom stereocenters. The van der Waals surface area contributed by atoms with Gasteiger partial charge in [-0.25, -0.2) is 10.9 Å². The first kappa shape index (κ1) is 26.2. The summed E-state index contributed by atoms with van der Waals surface area (Å²) in [6.07, 6.45) is 2.28. The molecule has 4 aromatic carbocycles. The van der Waals surface area contributed by atoms with E-state index in [1.807, 2.05) is 0 Å². The zero-order chi connectivity index (χ0) is 26.8. The number of benzene rings is 4. The van der Waals surface area contributed by atoms with E-state index in [9.17, 15) is 19.8 Å². The fraction of sp³-hybridized carbons (Fsp3) is 0.0667. The van der Waals surface area contributed by atoms with Crippen LogP contribution in [0, 0.1) is 0 Å². The van der Waals surface area contributed by atoms with Gasteiger partial charge in [-0.05, 0) is 22.3 Å². The summed E-state index contributed by atoms with van der Waals surface area (Å²) in [5.41, 5.74) is 2.18. The second-order valence-electron chi connectivity index (χ2n) is 8.32. The summed E-state index contributed by atoms with van der Waals surface area (Å²) in [6.45, 7) is 0. The summed E-state index contributed by atoms with van der Waals surface area (Å²) in [4.78, 5) is 26.1. The molecule has 0 bridgehead atoms. The van der Waals surface area contributed by atoms with E-state index in [4.69, 9.17) is 0 Å². The lowest BCUT2D eigenvalue weighted by Crippen LogP contribution is -2.44. The van der Waals surface area contributed by atoms with Crippen molar-refractivity contribution in [3.63, 3.8) is 0 Å². The van der Waals surface area contributed by atoms with Gasteiger partial charge >= 0.3 is 0 Å². The third-order valence-electron chi connectivity index (χ3n) is 5.97. The standard InChI is InChI=1S/C30H26N4O4/c35-27(29(37,23-13-5-1-6-14-23)24-15-7-2-8-16-24)33-31-21-22-32-34-28(36)30(38,25-17-9-3-10-18-25)26-19-11-4-12-20-26/h1-22,37-38H,(H,33,35)(H,34,36). The number of hydrogen-bond donors (Lipinski definition) is 4. The van der Waals surface area contributed by atoms with Crippen LogP contribution in [0.2, 0.25) is 0 Å². The van der Waals surface area contributed by atoms with E-state index in [1.54, 1.807) is 121 Å². The first-order valence-electron chi connectivity index (χ1n) is 11.8. The van der Waals surface area contributed by atoms with Crippen LogP contribution in [-0.4, -0.2) is 34.5 Å². The Labute approximate surface area is 220 Å². The molecule has 0 aliphatic rings. The second kappa shape index (κ2) is 11.9. The predicted molar refractivity (Wildman–Crippen MR) is 145 cm³/mol. The average Bonchev–Trinajstić information content (AvgIpc) is 2.99. The number of aliphatic hydroxyl groups is 2. The summed E-state index contributed by atoms with van der Waals surface area (Å²) in [5.74, 6) is -1.54. The lowest BCUT2D eigenvalue weighted by atomic mass is 9.85. The molecule has 8 heteroatoms. The maximum Gasteiger partial charge on any atom is 0.281 e. The Balaban J connectivity index is 1.46. The molecule has 0 aromatic heterocycles. The van der Waals surface area contributed by atoms with Crippen molar-refractivity contribution in [3.05, 3.63) is 144 Å². The Bertz CT molecular complexity index is 1220. The van der Waals surface area contributed by atoms with Gasteiger partial charge in [-0.15, -0.1) is 0 Å². The minimum atomic E-state index is -1.98. The van der Waals surface area contributed by atoms with Crippen LogP contribution in [0.4, 0.5) is 0 Å². The van der Waals surface area contributed by atoms with Gasteiger partial charge in [0.1, 0.15) is 0 Å². The molecule has 4 aromatic rings. The van der Waals surface area contributed by atoms with Crippen LogP contribution in [0.1, 0.15) is 22.3 Å². The van der Waals surface area contributed by atoms with E-state index in [0.717, 1.165) is 12.4 Å². The summed E-state index contributed by atoms with van der Waals surface area (Å²) in [7, 11) is 0. The topological polar surface area (TPSA) is 123 Å². The molecule has 8 nitrogen and oxygen atoms in total. The molecule has 0 saturated heterocycles. The maximum absolute atomic E-state index is 13.0. The Hall–Kier alpha value is -4.92. The molecule has 0 heterocycles. The second-order valence-corrected chi connectivity index (χ2v) is 8.32. The Morgan fingerprint density at radius 3 is 0.974 bits per heavy atom. The molecule has 0 saturated carbocycles. The molecular weight excluding hydrogens is 480 g/mol. The SMILES string of the molecule is O=C(NN=CC=NNC(=O)C(O)(c1ccccc1)c1ccccc1)C(O)(c1ccccc1)c1ccccc1. The van der Waals surface area contributed by atoms with Crippen LogP contribution in [0.3, 0.4) is 0 Å². The summed E-state index contributed by atoms with van der Waals surface area (Å²) in [5, 5.41) is 30.4. The smallest absolute Gasteiger partial charge is 0.281 e. The summed E-state index contributed by atoms with van der Waals surface area (Å²) in [6, 6.07) is 34.1. The zero-order valence-corrected chi connectivity index (χ0v) is 20.3. The number of hydrazone groups is 2. The largest absolute Gasteiger partial charge is 0.372 e. The highest BCUT2D eigenvalue weighted by Crippen LogP contribution is 2.31. The minimum Gasteiger partial charge on any atom is -0.372 e. The number of amides is 2. The van der Waals surface area contributed by atoms with Crippen LogP contribution < -0.4 is 10.9 Å². The van der Waals surface area contributed by atoms with Gasteiger partial charge in [0.15, 0.2) is 11.2 Å². The highest BCUT2D eigenvalue weighted by atomic mass is 16.3. The van der Waals surface area contributed by atoms with Crippen molar-refractivity contribution in [2.75, 3.05) is 0 Å². The van der Waals surface area contributed by atoms with E-state index >= 15 is 0 Å². The van der Waals surface area contributed by atoms with Crippen molar-refractivity contribution in [2.24, 2.45) is 10.2 Å². The first-order chi connectivity index (χ1) is 18.5. The number of hydrogen-bond acceptors (Lipinski definition) is 6. The maximum atomic E-state index is 13.0. The van der Waals surface area contributed by atoms with E-state index in [2.05, 4.69) is 21.1 Å². The normalized spacial score (nSPS) is 11.9. The predicted octanol–water partition coefficient (Wildman–Crippen LogP) is 3.06. The monoisotopic (exact) mass is 506 g/mol. The lowest BCUT2D eigenvalue weighted by Gasteiger charge is -2.27. The van der Waals surface area contributed by atoms with Crippen molar-refractivity contribution >= 4 is 24.2 Å². The van der Waals surface area contributed by atoms with E-state index < -0.39 is 23.0 Å². The Kier molecular flexibility index (Phi) is 8.17. The first-order valence-corrected chi connectivity index (χ1v) is 11.8. The molecule has 0 aliphatic heterocycles. The van der Waals surface area contributed by atoms with E-state index in [1.165, 1.54) is 0 Å². The number of nitrogens with one attached hydrogen (secondary N) is 2. The van der Waals surface area contributed by atoms with Crippen LogP contribution in [0.25, 0.3) is 0 Å². The molecule has 4 rings (SSSR count). The van der Waals surface area contributed by atoms with Gasteiger partial charge in [0.25, 0.3) is 11.8 Å².